The van der Waals surface area contributed by atoms with Crippen molar-refractivity contribution in [2.75, 3.05) is 32.4 Å². The first-order chi connectivity index (χ1) is 8.91. The van der Waals surface area contributed by atoms with Gasteiger partial charge in [-0.25, -0.2) is 18.4 Å². The van der Waals surface area contributed by atoms with Crippen molar-refractivity contribution in [1.29, 1.82) is 0 Å². The fraction of sp³-hybridized carbons (Fsp3) is 0.636. The molecule has 0 radical (unpaired) electrons. The van der Waals surface area contributed by atoms with Crippen LogP contribution in [0.25, 0.3) is 0 Å². The zero-order valence-corrected chi connectivity index (χ0v) is 12.0. The van der Waals surface area contributed by atoms with Crippen molar-refractivity contribution in [1.82, 2.24) is 19.2 Å². The van der Waals surface area contributed by atoms with Gasteiger partial charge in [-0.05, 0) is 26.9 Å². The summed E-state index contributed by atoms with van der Waals surface area (Å²) in [6, 6.07) is -0.0740. The second-order valence-electron chi connectivity index (χ2n) is 4.86. The summed E-state index contributed by atoms with van der Waals surface area (Å²) in [6.45, 7) is 4.04. The average Bonchev–Trinajstić information content (AvgIpc) is 2.50. The molecule has 1 aromatic heterocycles. The van der Waals surface area contributed by atoms with E-state index in [0.29, 0.717) is 6.54 Å². The molecule has 7 nitrogen and oxygen atoms in total. The minimum atomic E-state index is -3.55. The quantitative estimate of drug-likeness (QED) is 0.807. The van der Waals surface area contributed by atoms with Crippen molar-refractivity contribution < 1.29 is 8.42 Å². The second-order valence-corrected chi connectivity index (χ2v) is 6.75. The molecule has 106 valence electrons. The lowest BCUT2D eigenvalue weighted by Gasteiger charge is -2.26. The SMILES string of the molecule is CC1CN(C)CCCN1S(=O)(=O)c1cnc(N)nc1. The van der Waals surface area contributed by atoms with Gasteiger partial charge >= 0.3 is 0 Å². The van der Waals surface area contributed by atoms with Gasteiger partial charge in [0.25, 0.3) is 0 Å². The van der Waals surface area contributed by atoms with Crippen LogP contribution in [0.5, 0.6) is 0 Å². The minimum absolute atomic E-state index is 0.0719. The van der Waals surface area contributed by atoms with E-state index in [0.717, 1.165) is 19.5 Å². The van der Waals surface area contributed by atoms with Crippen LogP contribution < -0.4 is 5.73 Å². The molecule has 1 unspecified atom stereocenters. The van der Waals surface area contributed by atoms with Crippen LogP contribution in [0.4, 0.5) is 5.95 Å². The van der Waals surface area contributed by atoms with Crippen molar-refractivity contribution in [2.24, 2.45) is 0 Å². The van der Waals surface area contributed by atoms with Gasteiger partial charge in [0.1, 0.15) is 4.90 Å². The standard InChI is InChI=1S/C11H19N5O2S/c1-9-8-15(2)4-3-5-16(9)19(17,18)10-6-13-11(12)14-7-10/h6-7,9H,3-5,8H2,1-2H3,(H2,12,13,14). The Morgan fingerprint density at radius 2 is 1.95 bits per heavy atom. The Bertz CT molecular complexity index is 531. The molecule has 0 spiro atoms. The van der Waals surface area contributed by atoms with Crippen LogP contribution in [0.15, 0.2) is 17.3 Å². The summed E-state index contributed by atoms with van der Waals surface area (Å²) in [4.78, 5) is 9.74. The highest BCUT2D eigenvalue weighted by molar-refractivity contribution is 7.89. The minimum Gasteiger partial charge on any atom is -0.368 e. The lowest BCUT2D eigenvalue weighted by molar-refractivity contribution is 0.290. The Hall–Kier alpha value is -1.25. The molecule has 0 bridgehead atoms. The van der Waals surface area contributed by atoms with Crippen molar-refractivity contribution >= 4 is 16.0 Å². The topological polar surface area (TPSA) is 92.4 Å². The summed E-state index contributed by atoms with van der Waals surface area (Å²) in [5.74, 6) is 0.0719. The first kappa shape index (κ1) is 14.2. The Kier molecular flexibility index (Phi) is 4.02. The largest absolute Gasteiger partial charge is 0.368 e. The van der Waals surface area contributed by atoms with Crippen LogP contribution in [-0.2, 0) is 10.0 Å². The Morgan fingerprint density at radius 1 is 1.32 bits per heavy atom. The summed E-state index contributed by atoms with van der Waals surface area (Å²) in [5, 5.41) is 0. The molecule has 0 aliphatic carbocycles. The molecule has 2 heterocycles. The monoisotopic (exact) mass is 285 g/mol. The highest BCUT2D eigenvalue weighted by Gasteiger charge is 2.31. The number of sulfonamides is 1. The molecule has 2 rings (SSSR count). The molecule has 19 heavy (non-hydrogen) atoms. The van der Waals surface area contributed by atoms with E-state index in [2.05, 4.69) is 14.9 Å². The van der Waals surface area contributed by atoms with Gasteiger partial charge in [-0.3, -0.25) is 0 Å². The van der Waals surface area contributed by atoms with E-state index in [-0.39, 0.29) is 16.9 Å². The molecule has 1 aliphatic heterocycles. The van der Waals surface area contributed by atoms with E-state index in [1.165, 1.54) is 16.7 Å². The number of rotatable bonds is 2. The highest BCUT2D eigenvalue weighted by atomic mass is 32.2. The van der Waals surface area contributed by atoms with Crippen LogP contribution in [-0.4, -0.2) is 60.3 Å². The summed E-state index contributed by atoms with van der Waals surface area (Å²) in [5.41, 5.74) is 5.38. The molecule has 1 fully saturated rings. The smallest absolute Gasteiger partial charge is 0.246 e. The number of nitrogen functional groups attached to an aromatic ring is 1. The van der Waals surface area contributed by atoms with Gasteiger partial charge in [-0.1, -0.05) is 0 Å². The third-order valence-corrected chi connectivity index (χ3v) is 5.21. The zero-order valence-electron chi connectivity index (χ0n) is 11.2. The molecule has 0 amide bonds. The molecule has 1 aliphatic rings. The fourth-order valence-corrected chi connectivity index (χ4v) is 3.85. The number of aromatic nitrogens is 2. The Morgan fingerprint density at radius 3 is 2.58 bits per heavy atom. The predicted octanol–water partition coefficient (Wildman–Crippen LogP) is -0.226. The number of nitrogens with zero attached hydrogens (tertiary/aromatic N) is 4. The number of likely N-dealkylation sites (N-methyl/N-ethyl adjacent to an activating group) is 1. The molecule has 1 atom stereocenters. The maximum absolute atomic E-state index is 12.6. The van der Waals surface area contributed by atoms with Gasteiger partial charge in [0.05, 0.1) is 12.4 Å². The van der Waals surface area contributed by atoms with Gasteiger partial charge < -0.3 is 10.6 Å². The van der Waals surface area contributed by atoms with Crippen LogP contribution in [0.3, 0.4) is 0 Å². The number of anilines is 1. The maximum Gasteiger partial charge on any atom is 0.246 e. The first-order valence-electron chi connectivity index (χ1n) is 6.19. The lowest BCUT2D eigenvalue weighted by atomic mass is 10.3. The molecule has 0 saturated carbocycles. The lowest BCUT2D eigenvalue weighted by Crippen LogP contribution is -2.41. The maximum atomic E-state index is 12.6. The Balaban J connectivity index is 2.30. The molecule has 1 saturated heterocycles. The van der Waals surface area contributed by atoms with E-state index >= 15 is 0 Å². The Labute approximate surface area is 113 Å². The second kappa shape index (κ2) is 5.40. The van der Waals surface area contributed by atoms with E-state index in [1.807, 2.05) is 14.0 Å². The van der Waals surface area contributed by atoms with Gasteiger partial charge in [-0.15, -0.1) is 0 Å². The number of hydrogen-bond donors (Lipinski definition) is 1. The zero-order chi connectivity index (χ0) is 14.0. The van der Waals surface area contributed by atoms with E-state index in [1.54, 1.807) is 0 Å². The van der Waals surface area contributed by atoms with Crippen molar-refractivity contribution in [2.45, 2.75) is 24.3 Å². The molecular weight excluding hydrogens is 266 g/mol. The number of hydrogen-bond acceptors (Lipinski definition) is 6. The summed E-state index contributed by atoms with van der Waals surface area (Å²) >= 11 is 0. The molecule has 0 aromatic carbocycles. The average molecular weight is 285 g/mol. The third kappa shape index (κ3) is 3.02. The van der Waals surface area contributed by atoms with E-state index in [9.17, 15) is 8.42 Å². The van der Waals surface area contributed by atoms with Gasteiger partial charge in [0.15, 0.2) is 0 Å². The van der Waals surface area contributed by atoms with Crippen molar-refractivity contribution in [3.8, 4) is 0 Å². The van der Waals surface area contributed by atoms with Crippen LogP contribution >= 0.6 is 0 Å². The molecule has 1 aromatic rings. The van der Waals surface area contributed by atoms with E-state index in [4.69, 9.17) is 5.73 Å². The highest BCUT2D eigenvalue weighted by Crippen LogP contribution is 2.20. The van der Waals surface area contributed by atoms with Crippen LogP contribution in [0.2, 0.25) is 0 Å². The van der Waals surface area contributed by atoms with Crippen molar-refractivity contribution in [3.05, 3.63) is 12.4 Å². The molecule has 2 N–H and O–H groups in total. The van der Waals surface area contributed by atoms with Crippen LogP contribution in [0.1, 0.15) is 13.3 Å². The van der Waals surface area contributed by atoms with Gasteiger partial charge in [0, 0.05) is 19.1 Å². The third-order valence-electron chi connectivity index (χ3n) is 3.24. The molecular formula is C11H19N5O2S. The fourth-order valence-electron chi connectivity index (χ4n) is 2.30. The van der Waals surface area contributed by atoms with Crippen molar-refractivity contribution in [3.63, 3.8) is 0 Å². The normalized spacial score (nSPS) is 23.2. The van der Waals surface area contributed by atoms with Gasteiger partial charge in [-0.2, -0.15) is 4.31 Å². The van der Waals surface area contributed by atoms with E-state index < -0.39 is 10.0 Å². The predicted molar refractivity (Wildman–Crippen MR) is 71.9 cm³/mol. The van der Waals surface area contributed by atoms with Gasteiger partial charge in [0.2, 0.25) is 16.0 Å². The number of nitrogens with two attached hydrogens (primary N) is 1. The van der Waals surface area contributed by atoms with Crippen LogP contribution in [0, 0.1) is 0 Å². The first-order valence-corrected chi connectivity index (χ1v) is 7.63. The molecule has 8 heteroatoms. The summed E-state index contributed by atoms with van der Waals surface area (Å²) < 4.78 is 26.6. The summed E-state index contributed by atoms with van der Waals surface area (Å²) in [7, 11) is -1.55. The summed E-state index contributed by atoms with van der Waals surface area (Å²) in [6.07, 6.45) is 3.34.